The fraction of sp³-hybridized carbons (Fsp3) is 0.391. The molecule has 0 bridgehead atoms. The topological polar surface area (TPSA) is 114 Å². The minimum atomic E-state index is -3.90. The maximum Gasteiger partial charge on any atom is 0.261 e. The second kappa shape index (κ2) is 9.20. The SMILES string of the molecule is CC(C)(C)c1ccc(S(=O)(=O)Nc2ccc(Cl)cc2-c2nncn2C2CCN(S(C)(=O)=O)C2)cc1. The zero-order valence-electron chi connectivity index (χ0n) is 19.9. The molecule has 1 aliphatic heterocycles. The molecular formula is C23H28ClN5O4S2. The number of aromatic nitrogens is 3. The van der Waals surface area contributed by atoms with E-state index in [9.17, 15) is 16.8 Å². The summed E-state index contributed by atoms with van der Waals surface area (Å²) in [5.41, 5.74) is 1.66. The van der Waals surface area contributed by atoms with Crippen molar-refractivity contribution in [1.29, 1.82) is 0 Å². The summed E-state index contributed by atoms with van der Waals surface area (Å²) >= 11 is 6.25. The summed E-state index contributed by atoms with van der Waals surface area (Å²) in [4.78, 5) is 0.132. The van der Waals surface area contributed by atoms with Crippen LogP contribution in [0.2, 0.25) is 5.02 Å². The molecular weight excluding hydrogens is 510 g/mol. The lowest BCUT2D eigenvalue weighted by Crippen LogP contribution is -2.28. The van der Waals surface area contributed by atoms with Crippen LogP contribution in [0.5, 0.6) is 0 Å². The van der Waals surface area contributed by atoms with Gasteiger partial charge in [-0.15, -0.1) is 10.2 Å². The molecule has 0 radical (unpaired) electrons. The molecule has 1 aliphatic rings. The molecule has 0 spiro atoms. The molecule has 0 aliphatic carbocycles. The van der Waals surface area contributed by atoms with Gasteiger partial charge < -0.3 is 4.57 Å². The van der Waals surface area contributed by atoms with E-state index < -0.39 is 20.0 Å². The minimum absolute atomic E-state index is 0.101. The molecule has 1 N–H and O–H groups in total. The molecule has 2 heterocycles. The van der Waals surface area contributed by atoms with Gasteiger partial charge in [0.15, 0.2) is 5.82 Å². The van der Waals surface area contributed by atoms with Crippen molar-refractivity contribution in [3.8, 4) is 11.4 Å². The molecule has 2 aromatic carbocycles. The van der Waals surface area contributed by atoms with Crippen molar-refractivity contribution in [2.45, 2.75) is 43.5 Å². The van der Waals surface area contributed by atoms with Crippen LogP contribution >= 0.6 is 11.6 Å². The van der Waals surface area contributed by atoms with Gasteiger partial charge in [0.1, 0.15) is 6.33 Å². The Bertz CT molecular complexity index is 1450. The summed E-state index contributed by atoms with van der Waals surface area (Å²) < 4.78 is 56.2. The highest BCUT2D eigenvalue weighted by Crippen LogP contribution is 2.35. The Kier molecular flexibility index (Phi) is 6.73. The highest BCUT2D eigenvalue weighted by atomic mass is 35.5. The number of nitrogens with one attached hydrogen (secondary N) is 1. The summed E-state index contributed by atoms with van der Waals surface area (Å²) in [6.07, 6.45) is 3.29. The van der Waals surface area contributed by atoms with Gasteiger partial charge in [0.25, 0.3) is 10.0 Å². The average Bonchev–Trinajstić information content (AvgIpc) is 3.43. The molecule has 1 fully saturated rings. The first-order valence-corrected chi connectivity index (χ1v) is 14.7. The number of nitrogens with zero attached hydrogens (tertiary/aromatic N) is 4. The lowest BCUT2D eigenvalue weighted by atomic mass is 9.87. The van der Waals surface area contributed by atoms with Gasteiger partial charge >= 0.3 is 0 Å². The summed E-state index contributed by atoms with van der Waals surface area (Å²) in [6, 6.07) is 11.4. The lowest BCUT2D eigenvalue weighted by Gasteiger charge is -2.20. The van der Waals surface area contributed by atoms with E-state index in [1.54, 1.807) is 34.9 Å². The number of anilines is 1. The second-order valence-electron chi connectivity index (χ2n) is 9.70. The van der Waals surface area contributed by atoms with Gasteiger partial charge in [-0.3, -0.25) is 4.72 Å². The molecule has 0 saturated carbocycles. The van der Waals surface area contributed by atoms with Crippen LogP contribution < -0.4 is 4.72 Å². The van der Waals surface area contributed by atoms with Crippen LogP contribution in [0.25, 0.3) is 11.4 Å². The number of hydrogen-bond acceptors (Lipinski definition) is 6. The van der Waals surface area contributed by atoms with Crippen molar-refractivity contribution < 1.29 is 16.8 Å². The molecule has 9 nitrogen and oxygen atoms in total. The third kappa shape index (κ3) is 5.53. The largest absolute Gasteiger partial charge is 0.309 e. The number of halogens is 1. The Hall–Kier alpha value is -2.47. The molecule has 1 atom stereocenters. The van der Waals surface area contributed by atoms with E-state index in [1.165, 1.54) is 16.9 Å². The molecule has 1 saturated heterocycles. The summed E-state index contributed by atoms with van der Waals surface area (Å²) in [7, 11) is -7.22. The highest BCUT2D eigenvalue weighted by Gasteiger charge is 2.31. The predicted octanol–water partition coefficient (Wildman–Crippen LogP) is 3.90. The van der Waals surface area contributed by atoms with E-state index in [-0.39, 0.29) is 22.9 Å². The zero-order chi connectivity index (χ0) is 25.6. The van der Waals surface area contributed by atoms with Gasteiger partial charge in [-0.2, -0.15) is 0 Å². The first kappa shape index (κ1) is 25.6. The summed E-state index contributed by atoms with van der Waals surface area (Å²) in [5, 5.41) is 8.63. The van der Waals surface area contributed by atoms with Crippen molar-refractivity contribution in [1.82, 2.24) is 19.1 Å². The second-order valence-corrected chi connectivity index (χ2v) is 13.8. The van der Waals surface area contributed by atoms with Gasteiger partial charge in [0.05, 0.1) is 22.9 Å². The van der Waals surface area contributed by atoms with Crippen LogP contribution in [-0.4, -0.2) is 55.3 Å². The Morgan fingerprint density at radius 2 is 1.74 bits per heavy atom. The van der Waals surface area contributed by atoms with E-state index in [4.69, 9.17) is 11.6 Å². The van der Waals surface area contributed by atoms with Crippen molar-refractivity contribution in [2.75, 3.05) is 24.1 Å². The van der Waals surface area contributed by atoms with E-state index in [1.807, 2.05) is 12.1 Å². The molecule has 3 aromatic rings. The van der Waals surface area contributed by atoms with Gasteiger partial charge in [-0.1, -0.05) is 44.5 Å². The molecule has 1 unspecified atom stereocenters. The normalized spacial score (nSPS) is 17.6. The van der Waals surface area contributed by atoms with Crippen LogP contribution in [-0.2, 0) is 25.5 Å². The summed E-state index contributed by atoms with van der Waals surface area (Å²) in [5.74, 6) is 0.397. The number of sulfonamides is 2. The van der Waals surface area contributed by atoms with Crippen molar-refractivity contribution in [3.63, 3.8) is 0 Å². The smallest absolute Gasteiger partial charge is 0.261 e. The van der Waals surface area contributed by atoms with E-state index >= 15 is 0 Å². The monoisotopic (exact) mass is 537 g/mol. The number of benzene rings is 2. The molecule has 4 rings (SSSR count). The summed E-state index contributed by atoms with van der Waals surface area (Å²) in [6.45, 7) is 6.85. The quantitative estimate of drug-likeness (QED) is 0.510. The van der Waals surface area contributed by atoms with Gasteiger partial charge in [-0.25, -0.2) is 21.1 Å². The van der Waals surface area contributed by atoms with Crippen LogP contribution in [0.4, 0.5) is 5.69 Å². The van der Waals surface area contributed by atoms with Crippen molar-refractivity contribution in [3.05, 3.63) is 59.4 Å². The Labute approximate surface area is 211 Å². The molecule has 35 heavy (non-hydrogen) atoms. The Morgan fingerprint density at radius 1 is 1.06 bits per heavy atom. The molecule has 1 aromatic heterocycles. The lowest BCUT2D eigenvalue weighted by molar-refractivity contribution is 0.457. The van der Waals surface area contributed by atoms with E-state index in [0.29, 0.717) is 35.1 Å². The third-order valence-corrected chi connectivity index (χ3v) is 8.95. The predicted molar refractivity (Wildman–Crippen MR) is 136 cm³/mol. The van der Waals surface area contributed by atoms with Crippen molar-refractivity contribution >= 4 is 37.3 Å². The Morgan fingerprint density at radius 3 is 2.34 bits per heavy atom. The fourth-order valence-electron chi connectivity index (χ4n) is 4.07. The fourth-order valence-corrected chi connectivity index (χ4v) is 6.20. The van der Waals surface area contributed by atoms with Gasteiger partial charge in [-0.05, 0) is 47.7 Å². The van der Waals surface area contributed by atoms with Crippen LogP contribution in [0.1, 0.15) is 38.8 Å². The van der Waals surface area contributed by atoms with Gasteiger partial charge in [0.2, 0.25) is 10.0 Å². The zero-order valence-corrected chi connectivity index (χ0v) is 22.3. The first-order valence-electron chi connectivity index (χ1n) is 11.0. The molecule has 12 heteroatoms. The first-order chi connectivity index (χ1) is 16.3. The average molecular weight is 538 g/mol. The molecule has 188 valence electrons. The third-order valence-electron chi connectivity index (χ3n) is 6.06. The highest BCUT2D eigenvalue weighted by molar-refractivity contribution is 7.92. The number of rotatable bonds is 6. The standard InChI is InChI=1S/C23H28ClN5O4S2/c1-23(2,3)16-5-8-19(9-6-16)35(32,33)27-21-10-7-17(24)13-20(21)22-26-25-15-29(22)18-11-12-28(14-18)34(4,30)31/h5-10,13,15,18,27H,11-12,14H2,1-4H3. The van der Waals surface area contributed by atoms with E-state index in [2.05, 4.69) is 35.7 Å². The number of hydrogen-bond donors (Lipinski definition) is 1. The van der Waals surface area contributed by atoms with Crippen molar-refractivity contribution in [2.24, 2.45) is 0 Å². The maximum atomic E-state index is 13.2. The van der Waals surface area contributed by atoms with Crippen LogP contribution in [0.15, 0.2) is 53.7 Å². The van der Waals surface area contributed by atoms with Gasteiger partial charge in [0, 0.05) is 23.7 Å². The Balaban J connectivity index is 1.67. The minimum Gasteiger partial charge on any atom is -0.309 e. The maximum absolute atomic E-state index is 13.2. The molecule has 0 amide bonds. The van der Waals surface area contributed by atoms with Crippen LogP contribution in [0.3, 0.4) is 0 Å². The van der Waals surface area contributed by atoms with Crippen LogP contribution in [0, 0.1) is 0 Å². The van der Waals surface area contributed by atoms with E-state index in [0.717, 1.165) is 5.56 Å².